The van der Waals surface area contributed by atoms with Gasteiger partial charge in [0.1, 0.15) is 0 Å². The Bertz CT molecular complexity index is 324. The van der Waals surface area contributed by atoms with E-state index in [2.05, 4.69) is 4.90 Å². The van der Waals surface area contributed by atoms with Gasteiger partial charge in [0.05, 0.1) is 0 Å². The topological polar surface area (TPSA) is 49.4 Å². The SMILES string of the molecule is C[C@@H]1OP2(CN3CCOCC3)(O[C@@H](C)[C@@H](C)O2)O[C@@H]1C. The van der Waals surface area contributed by atoms with Crippen molar-refractivity contribution in [3.63, 3.8) is 0 Å². The second kappa shape index (κ2) is 5.13. The number of rotatable bonds is 2. The molecule has 3 aliphatic rings. The molecule has 0 N–H and O–H groups in total. The predicted octanol–water partition coefficient (Wildman–Crippen LogP) is 2.14. The minimum atomic E-state index is -3.48. The molecule has 0 aromatic heterocycles. The summed E-state index contributed by atoms with van der Waals surface area (Å²) in [5, 5.41) is 0. The quantitative estimate of drug-likeness (QED) is 0.729. The molecule has 20 heavy (non-hydrogen) atoms. The molecular weight excluding hydrogens is 281 g/mol. The third-order valence-corrected chi connectivity index (χ3v) is 8.16. The molecule has 0 amide bonds. The van der Waals surface area contributed by atoms with E-state index in [1.807, 2.05) is 27.7 Å². The van der Waals surface area contributed by atoms with Gasteiger partial charge in [0.15, 0.2) is 0 Å². The maximum absolute atomic E-state index is 6.23. The fourth-order valence-electron chi connectivity index (χ4n) is 2.98. The average Bonchev–Trinajstić information content (AvgIpc) is 2.75. The molecule has 0 unspecified atom stereocenters. The van der Waals surface area contributed by atoms with Crippen molar-refractivity contribution in [1.29, 1.82) is 0 Å². The summed E-state index contributed by atoms with van der Waals surface area (Å²) in [5.41, 5.74) is 0. The number of hydrogen-bond donors (Lipinski definition) is 0. The Balaban J connectivity index is 1.85. The van der Waals surface area contributed by atoms with Crippen LogP contribution in [0.5, 0.6) is 0 Å². The Hall–Kier alpha value is 0.190. The van der Waals surface area contributed by atoms with Crippen molar-refractivity contribution >= 4 is 7.51 Å². The Kier molecular flexibility index (Phi) is 3.87. The average molecular weight is 307 g/mol. The van der Waals surface area contributed by atoms with Crippen LogP contribution in [0.2, 0.25) is 0 Å². The second-order valence-electron chi connectivity index (χ2n) is 6.08. The van der Waals surface area contributed by atoms with Crippen molar-refractivity contribution in [1.82, 2.24) is 4.90 Å². The summed E-state index contributed by atoms with van der Waals surface area (Å²) in [6.07, 6.45) is 0.549. The van der Waals surface area contributed by atoms with E-state index in [0.717, 1.165) is 26.3 Å². The molecule has 0 aromatic carbocycles. The van der Waals surface area contributed by atoms with Crippen LogP contribution in [-0.4, -0.2) is 61.9 Å². The minimum absolute atomic E-state index is 0.00814. The van der Waals surface area contributed by atoms with Crippen LogP contribution in [0.3, 0.4) is 0 Å². The molecule has 7 heteroatoms. The van der Waals surface area contributed by atoms with E-state index in [0.29, 0.717) is 6.29 Å². The molecular formula is C13H26NO5P. The van der Waals surface area contributed by atoms with Crippen LogP contribution < -0.4 is 0 Å². The van der Waals surface area contributed by atoms with Crippen molar-refractivity contribution in [3.05, 3.63) is 0 Å². The first-order valence-electron chi connectivity index (χ1n) is 7.49. The number of ether oxygens (including phenoxy) is 1. The van der Waals surface area contributed by atoms with Gasteiger partial charge in [0.2, 0.25) is 0 Å². The molecule has 3 heterocycles. The third kappa shape index (κ3) is 2.52. The molecule has 3 aliphatic heterocycles. The molecule has 0 aliphatic carbocycles. The van der Waals surface area contributed by atoms with Gasteiger partial charge < -0.3 is 0 Å². The summed E-state index contributed by atoms with van der Waals surface area (Å²) in [4.78, 5) is 2.27. The van der Waals surface area contributed by atoms with Crippen molar-refractivity contribution in [2.75, 3.05) is 32.6 Å². The molecule has 0 saturated carbocycles. The summed E-state index contributed by atoms with van der Waals surface area (Å²) in [6, 6.07) is 0. The number of nitrogens with zero attached hydrogens (tertiary/aromatic N) is 1. The molecule has 3 saturated heterocycles. The van der Waals surface area contributed by atoms with Gasteiger partial charge in [-0.25, -0.2) is 0 Å². The van der Waals surface area contributed by atoms with Crippen LogP contribution >= 0.6 is 7.51 Å². The summed E-state index contributed by atoms with van der Waals surface area (Å²) in [6.45, 7) is 11.3. The van der Waals surface area contributed by atoms with Crippen LogP contribution in [0.25, 0.3) is 0 Å². The third-order valence-electron chi connectivity index (χ3n) is 4.34. The fourth-order valence-corrected chi connectivity index (χ4v) is 7.74. The van der Waals surface area contributed by atoms with Gasteiger partial charge in [-0.05, 0) is 0 Å². The summed E-state index contributed by atoms with van der Waals surface area (Å²) < 4.78 is 30.3. The molecule has 1 spiro atoms. The molecule has 3 rings (SSSR count). The molecule has 3 fully saturated rings. The predicted molar refractivity (Wildman–Crippen MR) is 76.4 cm³/mol. The molecule has 0 radical (unpaired) electrons. The Morgan fingerprint density at radius 3 is 1.60 bits per heavy atom. The van der Waals surface area contributed by atoms with Crippen LogP contribution in [0.15, 0.2) is 0 Å². The molecule has 4 atom stereocenters. The maximum atomic E-state index is 6.23. The van der Waals surface area contributed by atoms with Crippen molar-refractivity contribution in [2.45, 2.75) is 52.1 Å². The first-order chi connectivity index (χ1) is 9.41. The first-order valence-corrected chi connectivity index (χ1v) is 9.58. The van der Waals surface area contributed by atoms with Gasteiger partial charge in [-0.3, -0.25) is 0 Å². The first kappa shape index (κ1) is 15.1. The Morgan fingerprint density at radius 1 is 0.800 bits per heavy atom. The van der Waals surface area contributed by atoms with Gasteiger partial charge in [0, 0.05) is 0 Å². The summed E-state index contributed by atoms with van der Waals surface area (Å²) in [5.74, 6) is 0. The van der Waals surface area contributed by atoms with Crippen LogP contribution in [-0.2, 0) is 22.8 Å². The molecule has 118 valence electrons. The van der Waals surface area contributed by atoms with Crippen LogP contribution in [0.1, 0.15) is 27.7 Å². The zero-order chi connectivity index (χ0) is 14.4. The summed E-state index contributed by atoms with van der Waals surface area (Å²) >= 11 is 0. The standard InChI is InChI=1S/C13H26NO5P/c1-10-11(2)17-20(16-10,18-12(3)13(4)19-20)9-14-5-7-15-8-6-14/h10-13H,5-9H2,1-4H3/t10-,11+,12-,13+. The van der Waals surface area contributed by atoms with E-state index >= 15 is 0 Å². The van der Waals surface area contributed by atoms with Gasteiger partial charge in [-0.2, -0.15) is 0 Å². The number of morpholine rings is 1. The number of hydrogen-bond acceptors (Lipinski definition) is 6. The monoisotopic (exact) mass is 307 g/mol. The van der Waals surface area contributed by atoms with E-state index < -0.39 is 7.51 Å². The van der Waals surface area contributed by atoms with Crippen LogP contribution in [0.4, 0.5) is 0 Å². The fraction of sp³-hybridized carbons (Fsp3) is 1.00. The second-order valence-corrected chi connectivity index (χ2v) is 9.13. The Labute approximate surface area is 120 Å². The molecule has 6 nitrogen and oxygen atoms in total. The molecule has 0 aromatic rings. The van der Waals surface area contributed by atoms with Crippen molar-refractivity contribution in [3.8, 4) is 0 Å². The van der Waals surface area contributed by atoms with E-state index in [9.17, 15) is 0 Å². The zero-order valence-corrected chi connectivity index (χ0v) is 13.7. The van der Waals surface area contributed by atoms with E-state index in [1.54, 1.807) is 0 Å². The van der Waals surface area contributed by atoms with Crippen LogP contribution in [0, 0.1) is 0 Å². The Morgan fingerprint density at radius 2 is 1.20 bits per heavy atom. The zero-order valence-electron chi connectivity index (χ0n) is 12.8. The van der Waals surface area contributed by atoms with Gasteiger partial charge in [0.25, 0.3) is 0 Å². The normalized spacial score (nSPS) is 46.3. The van der Waals surface area contributed by atoms with E-state index in [4.69, 9.17) is 22.8 Å². The van der Waals surface area contributed by atoms with Crippen molar-refractivity contribution < 1.29 is 22.8 Å². The van der Waals surface area contributed by atoms with E-state index in [1.165, 1.54) is 0 Å². The van der Waals surface area contributed by atoms with Gasteiger partial charge >= 0.3 is 120 Å². The summed E-state index contributed by atoms with van der Waals surface area (Å²) in [7, 11) is -3.48. The molecule has 0 bridgehead atoms. The van der Waals surface area contributed by atoms with E-state index in [-0.39, 0.29) is 24.4 Å². The van der Waals surface area contributed by atoms with Gasteiger partial charge in [-0.1, -0.05) is 0 Å². The van der Waals surface area contributed by atoms with Gasteiger partial charge in [-0.15, -0.1) is 0 Å². The van der Waals surface area contributed by atoms with Crippen molar-refractivity contribution in [2.24, 2.45) is 0 Å².